The third kappa shape index (κ3) is 4.49. The molecule has 5 rings (SSSR count). The average Bonchev–Trinajstić information content (AvgIpc) is 3.64. The van der Waals surface area contributed by atoms with E-state index in [1.54, 1.807) is 6.08 Å². The van der Waals surface area contributed by atoms with Gasteiger partial charge in [-0.2, -0.15) is 9.65 Å². The molecular formula is C29H22FN3O2. The summed E-state index contributed by atoms with van der Waals surface area (Å²) in [5.41, 5.74) is 8.09. The number of carboxylic acids is 1. The first-order valence-electron chi connectivity index (χ1n) is 11.4. The summed E-state index contributed by atoms with van der Waals surface area (Å²) in [6.07, 6.45) is 4.77. The molecule has 1 aliphatic carbocycles. The van der Waals surface area contributed by atoms with E-state index < -0.39 is 11.9 Å². The van der Waals surface area contributed by atoms with Crippen LogP contribution in [0.4, 0.5) is 4.39 Å². The van der Waals surface area contributed by atoms with E-state index in [0.29, 0.717) is 22.4 Å². The summed E-state index contributed by atoms with van der Waals surface area (Å²) in [6.45, 7) is 2.01. The normalized spacial score (nSPS) is 14.2. The van der Waals surface area contributed by atoms with Gasteiger partial charge in [-0.15, -0.1) is 5.10 Å². The zero-order valence-corrected chi connectivity index (χ0v) is 19.0. The standard InChI is InChI=1S/C29H22FN3O2/c1-17-14-19(16-31)4-11-23(17)28(21-8-9-21)27(20-6-2-18(3-7-20)5-13-26(34)35)22-10-12-25-24(15-22)29(30)33-32-25/h2-7,10-15,21H,8-9H2,1H3,(H,32,33)(H,34,35)/b13-5+,28-27+. The highest BCUT2D eigenvalue weighted by Crippen LogP contribution is 2.48. The fourth-order valence-electron chi connectivity index (χ4n) is 4.51. The van der Waals surface area contributed by atoms with Crippen molar-refractivity contribution in [1.29, 1.82) is 5.26 Å². The molecule has 172 valence electrons. The fraction of sp³-hybridized carbons (Fsp3) is 0.138. The third-order valence-electron chi connectivity index (χ3n) is 6.32. The number of nitrogens with one attached hydrogen (secondary N) is 1. The highest BCUT2D eigenvalue weighted by Gasteiger charge is 2.31. The van der Waals surface area contributed by atoms with Crippen molar-refractivity contribution in [3.63, 3.8) is 0 Å². The van der Waals surface area contributed by atoms with Crippen molar-refractivity contribution >= 4 is 34.1 Å². The molecule has 0 saturated heterocycles. The number of rotatable bonds is 6. The molecule has 1 heterocycles. The number of benzene rings is 3. The van der Waals surface area contributed by atoms with Gasteiger partial charge in [-0.3, -0.25) is 5.10 Å². The topological polar surface area (TPSA) is 89.8 Å². The van der Waals surface area contributed by atoms with E-state index in [-0.39, 0.29) is 0 Å². The minimum absolute atomic E-state index is 0.355. The summed E-state index contributed by atoms with van der Waals surface area (Å²) >= 11 is 0. The average molecular weight is 464 g/mol. The highest BCUT2D eigenvalue weighted by molar-refractivity contribution is 6.02. The van der Waals surface area contributed by atoms with Gasteiger partial charge in [0, 0.05) is 6.08 Å². The Labute approximate surface area is 201 Å². The van der Waals surface area contributed by atoms with E-state index in [9.17, 15) is 14.4 Å². The lowest BCUT2D eigenvalue weighted by Gasteiger charge is -2.19. The molecule has 0 aliphatic heterocycles. The van der Waals surface area contributed by atoms with Crippen molar-refractivity contribution in [3.8, 4) is 6.07 Å². The van der Waals surface area contributed by atoms with Crippen molar-refractivity contribution < 1.29 is 14.3 Å². The van der Waals surface area contributed by atoms with Gasteiger partial charge in [0.05, 0.1) is 22.5 Å². The van der Waals surface area contributed by atoms with Crippen molar-refractivity contribution in [2.45, 2.75) is 19.8 Å². The van der Waals surface area contributed by atoms with Crippen LogP contribution in [0.2, 0.25) is 0 Å². The maximum atomic E-state index is 14.4. The molecule has 1 fully saturated rings. The number of allylic oxidation sites excluding steroid dienone is 1. The van der Waals surface area contributed by atoms with Crippen LogP contribution in [0.3, 0.4) is 0 Å². The number of aromatic nitrogens is 2. The SMILES string of the molecule is Cc1cc(C#N)ccc1/C(=C(\c1ccc(/C=C/C(=O)O)cc1)c1ccc2[nH]nc(F)c2c1)C1CC1. The molecule has 5 nitrogen and oxygen atoms in total. The molecule has 0 amide bonds. The van der Waals surface area contributed by atoms with Crippen LogP contribution in [-0.4, -0.2) is 21.3 Å². The zero-order valence-electron chi connectivity index (χ0n) is 19.0. The number of carbonyl (C=O) groups is 1. The largest absolute Gasteiger partial charge is 0.478 e. The Morgan fingerprint density at radius 2 is 1.86 bits per heavy atom. The Hall–Kier alpha value is -4.50. The van der Waals surface area contributed by atoms with Crippen LogP contribution < -0.4 is 0 Å². The van der Waals surface area contributed by atoms with E-state index in [0.717, 1.165) is 52.3 Å². The molecule has 1 aliphatic rings. The molecule has 1 saturated carbocycles. The molecule has 1 aromatic heterocycles. The quantitative estimate of drug-likeness (QED) is 0.258. The molecule has 0 radical (unpaired) electrons. The third-order valence-corrected chi connectivity index (χ3v) is 6.32. The number of nitriles is 1. The first kappa shape index (κ1) is 22.3. The molecule has 6 heteroatoms. The van der Waals surface area contributed by atoms with Gasteiger partial charge in [-0.05, 0) is 95.0 Å². The van der Waals surface area contributed by atoms with Crippen LogP contribution in [0, 0.1) is 30.1 Å². The number of hydrogen-bond donors (Lipinski definition) is 2. The van der Waals surface area contributed by atoms with Gasteiger partial charge in [-0.25, -0.2) is 4.79 Å². The van der Waals surface area contributed by atoms with Gasteiger partial charge >= 0.3 is 5.97 Å². The van der Waals surface area contributed by atoms with E-state index in [2.05, 4.69) is 16.3 Å². The number of halogens is 1. The van der Waals surface area contributed by atoms with E-state index >= 15 is 0 Å². The van der Waals surface area contributed by atoms with Crippen molar-refractivity contribution in [1.82, 2.24) is 10.2 Å². The van der Waals surface area contributed by atoms with Crippen LogP contribution in [0.25, 0.3) is 28.1 Å². The van der Waals surface area contributed by atoms with Crippen molar-refractivity contribution in [3.05, 3.63) is 106 Å². The molecule has 35 heavy (non-hydrogen) atoms. The monoisotopic (exact) mass is 463 g/mol. The molecule has 0 bridgehead atoms. The van der Waals surface area contributed by atoms with E-state index in [1.807, 2.05) is 67.6 Å². The number of hydrogen-bond acceptors (Lipinski definition) is 3. The summed E-state index contributed by atoms with van der Waals surface area (Å²) in [5.74, 6) is -1.19. The van der Waals surface area contributed by atoms with Gasteiger partial charge in [0.25, 0.3) is 0 Å². The number of carboxylic acid groups (broad SMARTS) is 1. The van der Waals surface area contributed by atoms with Gasteiger partial charge in [-0.1, -0.05) is 36.4 Å². The summed E-state index contributed by atoms with van der Waals surface area (Å²) in [6, 6.07) is 21.2. The van der Waals surface area contributed by atoms with Gasteiger partial charge < -0.3 is 5.11 Å². The van der Waals surface area contributed by atoms with Crippen LogP contribution in [0.5, 0.6) is 0 Å². The summed E-state index contributed by atoms with van der Waals surface area (Å²) in [4.78, 5) is 10.9. The Bertz CT molecular complexity index is 1550. The molecule has 0 unspecified atom stereocenters. The minimum Gasteiger partial charge on any atom is -0.478 e. The number of fused-ring (bicyclic) bond motifs is 1. The first-order chi connectivity index (χ1) is 16.9. The second kappa shape index (κ2) is 9.03. The smallest absolute Gasteiger partial charge is 0.328 e. The number of H-pyrrole nitrogens is 1. The van der Waals surface area contributed by atoms with Crippen molar-refractivity contribution in [2.24, 2.45) is 5.92 Å². The molecule has 2 N–H and O–H groups in total. The van der Waals surface area contributed by atoms with Crippen LogP contribution in [0.15, 0.2) is 66.7 Å². The predicted molar refractivity (Wildman–Crippen MR) is 134 cm³/mol. The number of nitrogens with zero attached hydrogens (tertiary/aromatic N) is 2. The zero-order chi connectivity index (χ0) is 24.5. The number of aliphatic carboxylic acids is 1. The lowest BCUT2D eigenvalue weighted by molar-refractivity contribution is -0.131. The molecule has 0 atom stereocenters. The van der Waals surface area contributed by atoms with E-state index in [1.165, 1.54) is 5.57 Å². The van der Waals surface area contributed by atoms with Crippen LogP contribution in [0.1, 0.15) is 46.2 Å². The number of aromatic amines is 1. The lowest BCUT2D eigenvalue weighted by atomic mass is 9.84. The highest BCUT2D eigenvalue weighted by atomic mass is 19.1. The Balaban J connectivity index is 1.75. The van der Waals surface area contributed by atoms with Gasteiger partial charge in [0.15, 0.2) is 0 Å². The molecule has 4 aromatic rings. The van der Waals surface area contributed by atoms with Gasteiger partial charge in [0.2, 0.25) is 5.95 Å². The Morgan fingerprint density at radius 3 is 2.51 bits per heavy atom. The molecule has 3 aromatic carbocycles. The summed E-state index contributed by atoms with van der Waals surface area (Å²) in [7, 11) is 0. The van der Waals surface area contributed by atoms with Gasteiger partial charge in [0.1, 0.15) is 0 Å². The predicted octanol–water partition coefficient (Wildman–Crippen LogP) is 6.35. The first-order valence-corrected chi connectivity index (χ1v) is 11.4. The Kier molecular flexibility index (Phi) is 5.76. The summed E-state index contributed by atoms with van der Waals surface area (Å²) < 4.78 is 14.4. The lowest BCUT2D eigenvalue weighted by Crippen LogP contribution is -2.00. The van der Waals surface area contributed by atoms with Crippen LogP contribution in [-0.2, 0) is 4.79 Å². The number of aryl methyl sites for hydroxylation is 1. The van der Waals surface area contributed by atoms with Crippen LogP contribution >= 0.6 is 0 Å². The van der Waals surface area contributed by atoms with Crippen molar-refractivity contribution in [2.75, 3.05) is 0 Å². The second-order valence-corrected chi connectivity index (χ2v) is 8.77. The Morgan fingerprint density at radius 1 is 1.11 bits per heavy atom. The summed E-state index contributed by atoms with van der Waals surface area (Å²) in [5, 5.41) is 25.1. The maximum Gasteiger partial charge on any atom is 0.328 e. The minimum atomic E-state index is -1.00. The fourth-order valence-corrected chi connectivity index (χ4v) is 4.51. The molecule has 0 spiro atoms. The second-order valence-electron chi connectivity index (χ2n) is 8.77. The maximum absolute atomic E-state index is 14.4. The van der Waals surface area contributed by atoms with E-state index in [4.69, 9.17) is 5.11 Å². The molecular weight excluding hydrogens is 441 g/mol.